The number of aromatic nitrogens is 2. The fraction of sp³-hybridized carbons (Fsp3) is 0.190. The molecule has 1 N–H and O–H groups in total. The van der Waals surface area contributed by atoms with Crippen molar-refractivity contribution in [3.8, 4) is 0 Å². The first-order valence-electron chi connectivity index (χ1n) is 9.24. The monoisotopic (exact) mass is 411 g/mol. The highest BCUT2D eigenvalue weighted by Crippen LogP contribution is 2.20. The number of anilines is 3. The van der Waals surface area contributed by atoms with Gasteiger partial charge in [-0.15, -0.1) is 0 Å². The minimum atomic E-state index is -0.345. The van der Waals surface area contributed by atoms with Crippen LogP contribution in [0.5, 0.6) is 0 Å². The summed E-state index contributed by atoms with van der Waals surface area (Å²) in [6.07, 6.45) is 1.64. The van der Waals surface area contributed by atoms with E-state index in [1.807, 2.05) is 4.90 Å². The predicted molar refractivity (Wildman–Crippen MR) is 111 cm³/mol. The second-order valence-electron chi connectivity index (χ2n) is 6.63. The van der Waals surface area contributed by atoms with Gasteiger partial charge in [-0.25, -0.2) is 9.37 Å². The van der Waals surface area contributed by atoms with Crippen LogP contribution in [0.2, 0.25) is 5.02 Å². The van der Waals surface area contributed by atoms with Crippen molar-refractivity contribution in [1.82, 2.24) is 14.9 Å². The third-order valence-corrected chi connectivity index (χ3v) is 4.97. The Hall–Kier alpha value is -3.19. The number of hydrogen-bond acceptors (Lipinski definition) is 5. The van der Waals surface area contributed by atoms with E-state index in [9.17, 15) is 9.18 Å². The van der Waals surface area contributed by atoms with Crippen molar-refractivity contribution < 1.29 is 9.18 Å². The van der Waals surface area contributed by atoms with Crippen molar-refractivity contribution in [2.24, 2.45) is 0 Å². The zero-order chi connectivity index (χ0) is 20.2. The van der Waals surface area contributed by atoms with E-state index in [0.29, 0.717) is 54.2 Å². The van der Waals surface area contributed by atoms with Crippen molar-refractivity contribution in [1.29, 1.82) is 0 Å². The number of nitrogens with one attached hydrogen (secondary N) is 1. The number of rotatable bonds is 4. The first-order chi connectivity index (χ1) is 14.1. The number of benzene rings is 2. The van der Waals surface area contributed by atoms with Gasteiger partial charge in [-0.3, -0.25) is 4.79 Å². The molecule has 1 aliphatic heterocycles. The maximum Gasteiger partial charge on any atom is 0.253 e. The molecular formula is C21H19ClFN5O. The molecule has 2 aromatic carbocycles. The molecule has 1 fully saturated rings. The highest BCUT2D eigenvalue weighted by Gasteiger charge is 2.23. The number of carbonyl (C=O) groups excluding carboxylic acids is 1. The molecule has 0 saturated carbocycles. The van der Waals surface area contributed by atoms with Crippen LogP contribution < -0.4 is 10.2 Å². The quantitative estimate of drug-likeness (QED) is 0.703. The predicted octanol–water partition coefficient (Wildman–Crippen LogP) is 3.98. The van der Waals surface area contributed by atoms with Gasteiger partial charge in [-0.05, 0) is 42.5 Å². The SMILES string of the molecule is O=C(c1ccc(Cl)cc1)N1CCN(c2nccc(Nc3ccccc3F)n2)CC1. The Bertz CT molecular complexity index is 1010. The van der Waals surface area contributed by atoms with Gasteiger partial charge in [0.1, 0.15) is 11.6 Å². The van der Waals surface area contributed by atoms with Gasteiger partial charge in [0.25, 0.3) is 5.91 Å². The lowest BCUT2D eigenvalue weighted by atomic mass is 10.2. The molecule has 1 aliphatic rings. The van der Waals surface area contributed by atoms with Crippen LogP contribution in [0.15, 0.2) is 60.8 Å². The van der Waals surface area contributed by atoms with Crippen molar-refractivity contribution >= 4 is 35.0 Å². The Morgan fingerprint density at radius 3 is 2.45 bits per heavy atom. The van der Waals surface area contributed by atoms with E-state index in [4.69, 9.17) is 11.6 Å². The van der Waals surface area contributed by atoms with E-state index in [0.717, 1.165) is 0 Å². The molecule has 4 rings (SSSR count). The molecule has 0 unspecified atom stereocenters. The molecule has 148 valence electrons. The van der Waals surface area contributed by atoms with E-state index in [1.165, 1.54) is 6.07 Å². The summed E-state index contributed by atoms with van der Waals surface area (Å²) in [6, 6.07) is 15.0. The van der Waals surface area contributed by atoms with Gasteiger partial charge in [-0.2, -0.15) is 4.98 Å². The molecule has 29 heavy (non-hydrogen) atoms. The van der Waals surface area contributed by atoms with Crippen LogP contribution in [0.4, 0.5) is 21.8 Å². The average molecular weight is 412 g/mol. The molecule has 1 amide bonds. The normalized spacial score (nSPS) is 14.0. The summed E-state index contributed by atoms with van der Waals surface area (Å²) in [5, 5.41) is 3.58. The van der Waals surface area contributed by atoms with Gasteiger partial charge in [0.05, 0.1) is 5.69 Å². The zero-order valence-corrected chi connectivity index (χ0v) is 16.3. The fourth-order valence-electron chi connectivity index (χ4n) is 3.16. The zero-order valence-electron chi connectivity index (χ0n) is 15.6. The summed E-state index contributed by atoms with van der Waals surface area (Å²) < 4.78 is 13.9. The maximum absolute atomic E-state index is 13.9. The molecule has 0 atom stereocenters. The first kappa shape index (κ1) is 19.1. The summed E-state index contributed by atoms with van der Waals surface area (Å²) in [5.74, 6) is 0.698. The number of para-hydroxylation sites is 1. The van der Waals surface area contributed by atoms with Crippen molar-refractivity contribution in [3.05, 3.63) is 77.2 Å². The molecule has 0 radical (unpaired) electrons. The van der Waals surface area contributed by atoms with Crippen LogP contribution in [-0.4, -0.2) is 47.0 Å². The lowest BCUT2D eigenvalue weighted by Crippen LogP contribution is -2.49. The van der Waals surface area contributed by atoms with Crippen molar-refractivity contribution in [2.45, 2.75) is 0 Å². The van der Waals surface area contributed by atoms with Crippen LogP contribution in [0, 0.1) is 5.82 Å². The third-order valence-electron chi connectivity index (χ3n) is 4.72. The summed E-state index contributed by atoms with van der Waals surface area (Å²) in [4.78, 5) is 25.3. The average Bonchev–Trinajstić information content (AvgIpc) is 2.76. The number of amides is 1. The third kappa shape index (κ3) is 4.46. The van der Waals surface area contributed by atoms with E-state index >= 15 is 0 Å². The Balaban J connectivity index is 1.40. The second-order valence-corrected chi connectivity index (χ2v) is 7.07. The summed E-state index contributed by atoms with van der Waals surface area (Å²) >= 11 is 5.89. The summed E-state index contributed by atoms with van der Waals surface area (Å²) in [5.41, 5.74) is 0.978. The lowest BCUT2D eigenvalue weighted by molar-refractivity contribution is 0.0746. The van der Waals surface area contributed by atoms with Gasteiger partial charge >= 0.3 is 0 Å². The molecule has 0 bridgehead atoms. The first-order valence-corrected chi connectivity index (χ1v) is 9.62. The fourth-order valence-corrected chi connectivity index (χ4v) is 3.28. The Labute approximate surface area is 173 Å². The molecule has 2 heterocycles. The highest BCUT2D eigenvalue weighted by molar-refractivity contribution is 6.30. The van der Waals surface area contributed by atoms with Crippen molar-refractivity contribution in [2.75, 3.05) is 36.4 Å². The minimum absolute atomic E-state index is 0.0165. The standard InChI is InChI=1S/C21H19ClFN5O/c22-16-7-5-15(6-8-16)20(29)27-11-13-28(14-12-27)21-24-10-9-19(26-21)25-18-4-2-1-3-17(18)23/h1-10H,11-14H2,(H,24,25,26). The highest BCUT2D eigenvalue weighted by atomic mass is 35.5. The van der Waals surface area contributed by atoms with Crippen LogP contribution >= 0.6 is 11.6 Å². The largest absolute Gasteiger partial charge is 0.338 e. The molecule has 0 aliphatic carbocycles. The van der Waals surface area contributed by atoms with E-state index < -0.39 is 0 Å². The second kappa shape index (κ2) is 8.45. The number of piperazine rings is 1. The summed E-state index contributed by atoms with van der Waals surface area (Å²) in [6.45, 7) is 2.36. The van der Waals surface area contributed by atoms with Gasteiger partial charge in [0.2, 0.25) is 5.95 Å². The minimum Gasteiger partial charge on any atom is -0.338 e. The molecular weight excluding hydrogens is 393 g/mol. The topological polar surface area (TPSA) is 61.4 Å². The van der Waals surface area contributed by atoms with Gasteiger partial charge < -0.3 is 15.1 Å². The number of hydrogen-bond donors (Lipinski definition) is 1. The van der Waals surface area contributed by atoms with E-state index in [1.54, 1.807) is 59.6 Å². The maximum atomic E-state index is 13.9. The molecule has 1 aromatic heterocycles. The van der Waals surface area contributed by atoms with E-state index in [-0.39, 0.29) is 11.7 Å². The Morgan fingerprint density at radius 1 is 1.00 bits per heavy atom. The van der Waals surface area contributed by atoms with Gasteiger partial charge in [-0.1, -0.05) is 23.7 Å². The van der Waals surface area contributed by atoms with Crippen LogP contribution in [0.25, 0.3) is 0 Å². The van der Waals surface area contributed by atoms with Gasteiger partial charge in [0.15, 0.2) is 0 Å². The number of carbonyl (C=O) groups is 1. The molecule has 8 heteroatoms. The lowest BCUT2D eigenvalue weighted by Gasteiger charge is -2.34. The van der Waals surface area contributed by atoms with Crippen LogP contribution in [0.3, 0.4) is 0 Å². The van der Waals surface area contributed by atoms with E-state index in [2.05, 4.69) is 15.3 Å². The molecule has 3 aromatic rings. The molecule has 0 spiro atoms. The Kier molecular flexibility index (Phi) is 5.57. The van der Waals surface area contributed by atoms with Crippen LogP contribution in [0.1, 0.15) is 10.4 Å². The van der Waals surface area contributed by atoms with Crippen LogP contribution in [-0.2, 0) is 0 Å². The Morgan fingerprint density at radius 2 is 1.72 bits per heavy atom. The summed E-state index contributed by atoms with van der Waals surface area (Å²) in [7, 11) is 0. The van der Waals surface area contributed by atoms with Crippen molar-refractivity contribution in [3.63, 3.8) is 0 Å². The molecule has 6 nitrogen and oxygen atoms in total. The number of halogens is 2. The number of nitrogens with zero attached hydrogens (tertiary/aromatic N) is 4. The van der Waals surface area contributed by atoms with Gasteiger partial charge in [0, 0.05) is 43.0 Å². The smallest absolute Gasteiger partial charge is 0.253 e. The molecule has 1 saturated heterocycles.